The average molecular weight is 356 g/mol. The van der Waals surface area contributed by atoms with Gasteiger partial charge in [0.05, 0.1) is 4.92 Å². The first-order valence-electron chi connectivity index (χ1n) is 8.32. The summed E-state index contributed by atoms with van der Waals surface area (Å²) in [6.45, 7) is 3.02. The second kappa shape index (κ2) is 7.83. The van der Waals surface area contributed by atoms with Crippen molar-refractivity contribution in [2.45, 2.75) is 6.54 Å². The number of nitrogens with two attached hydrogens (primary N) is 1. The van der Waals surface area contributed by atoms with Gasteiger partial charge in [0, 0.05) is 50.5 Å². The van der Waals surface area contributed by atoms with E-state index in [1.54, 1.807) is 4.90 Å². The van der Waals surface area contributed by atoms with Crippen LogP contribution in [0.3, 0.4) is 0 Å². The number of amides is 1. The van der Waals surface area contributed by atoms with Crippen molar-refractivity contribution in [2.24, 2.45) is 5.73 Å². The van der Waals surface area contributed by atoms with Gasteiger partial charge in [-0.2, -0.15) is 0 Å². The van der Waals surface area contributed by atoms with Gasteiger partial charge in [-0.3, -0.25) is 10.1 Å². The number of nitrogens with zero attached hydrogens (tertiary/aromatic N) is 3. The third-order valence-corrected chi connectivity index (χ3v) is 4.33. The number of hydrogen-bond acceptors (Lipinski definition) is 6. The topological polar surface area (TPSA) is 102 Å². The zero-order chi connectivity index (χ0) is 18.5. The molecule has 0 radical (unpaired) electrons. The highest BCUT2D eigenvalue weighted by Gasteiger charge is 2.23. The van der Waals surface area contributed by atoms with Gasteiger partial charge in [-0.05, 0) is 29.8 Å². The van der Waals surface area contributed by atoms with Gasteiger partial charge < -0.3 is 20.3 Å². The summed E-state index contributed by atoms with van der Waals surface area (Å²) >= 11 is 0. The summed E-state index contributed by atoms with van der Waals surface area (Å²) in [6.07, 6.45) is -0.447. The summed E-state index contributed by atoms with van der Waals surface area (Å²) in [5.41, 5.74) is 7.75. The molecule has 0 saturated carbocycles. The van der Waals surface area contributed by atoms with E-state index in [2.05, 4.69) is 4.90 Å². The molecule has 0 spiro atoms. The molecule has 1 heterocycles. The van der Waals surface area contributed by atoms with Crippen molar-refractivity contribution in [2.75, 3.05) is 31.1 Å². The number of ether oxygens (including phenoxy) is 1. The smallest absolute Gasteiger partial charge is 0.410 e. The first kappa shape index (κ1) is 17.7. The van der Waals surface area contributed by atoms with Gasteiger partial charge in [-0.25, -0.2) is 4.79 Å². The van der Waals surface area contributed by atoms with Crippen molar-refractivity contribution in [1.82, 2.24) is 4.90 Å². The third-order valence-electron chi connectivity index (χ3n) is 4.33. The zero-order valence-electron chi connectivity index (χ0n) is 14.2. The minimum absolute atomic E-state index is 0.0425. The van der Waals surface area contributed by atoms with E-state index in [0.29, 0.717) is 38.5 Å². The van der Waals surface area contributed by atoms with Crippen LogP contribution in [0.25, 0.3) is 0 Å². The minimum atomic E-state index is -0.495. The molecule has 0 unspecified atom stereocenters. The van der Waals surface area contributed by atoms with Crippen molar-refractivity contribution < 1.29 is 14.5 Å². The molecule has 1 saturated heterocycles. The Kier molecular flexibility index (Phi) is 5.33. The van der Waals surface area contributed by atoms with E-state index in [0.717, 1.165) is 11.3 Å². The number of non-ortho nitro benzene ring substituents is 1. The van der Waals surface area contributed by atoms with E-state index < -0.39 is 11.0 Å². The fraction of sp³-hybridized carbons (Fsp3) is 0.278. The molecule has 2 aromatic carbocycles. The second-order valence-corrected chi connectivity index (χ2v) is 5.96. The Morgan fingerprint density at radius 1 is 1.04 bits per heavy atom. The monoisotopic (exact) mass is 356 g/mol. The van der Waals surface area contributed by atoms with Crippen LogP contribution in [0, 0.1) is 10.1 Å². The fourth-order valence-corrected chi connectivity index (χ4v) is 2.79. The summed E-state index contributed by atoms with van der Waals surface area (Å²) in [6, 6.07) is 13.5. The standard InChI is InChI=1S/C18H20N4O4/c19-13-14-1-3-15(4-2-14)20-9-11-21(12-10-20)18(23)26-17-7-5-16(6-8-17)22(24)25/h1-8H,9-13,19H2. The van der Waals surface area contributed by atoms with E-state index in [1.807, 2.05) is 24.3 Å². The highest BCUT2D eigenvalue weighted by Crippen LogP contribution is 2.20. The van der Waals surface area contributed by atoms with E-state index in [4.69, 9.17) is 10.5 Å². The van der Waals surface area contributed by atoms with Gasteiger partial charge >= 0.3 is 6.09 Å². The highest BCUT2D eigenvalue weighted by molar-refractivity contribution is 5.71. The number of benzene rings is 2. The maximum Gasteiger partial charge on any atom is 0.415 e. The Labute approximate surface area is 150 Å². The SMILES string of the molecule is NCc1ccc(N2CCN(C(=O)Oc3ccc([N+](=O)[O-])cc3)CC2)cc1. The lowest BCUT2D eigenvalue weighted by Gasteiger charge is -2.35. The normalized spacial score (nSPS) is 14.2. The van der Waals surface area contributed by atoms with Gasteiger partial charge in [-0.15, -0.1) is 0 Å². The zero-order valence-corrected chi connectivity index (χ0v) is 14.2. The fourth-order valence-electron chi connectivity index (χ4n) is 2.79. The van der Waals surface area contributed by atoms with Crippen LogP contribution in [0.4, 0.5) is 16.2 Å². The van der Waals surface area contributed by atoms with Gasteiger partial charge in [0.2, 0.25) is 0 Å². The molecule has 1 fully saturated rings. The summed E-state index contributed by atoms with van der Waals surface area (Å²) < 4.78 is 5.29. The van der Waals surface area contributed by atoms with Gasteiger partial charge in [-0.1, -0.05) is 12.1 Å². The van der Waals surface area contributed by atoms with Crippen LogP contribution in [-0.4, -0.2) is 42.1 Å². The summed E-state index contributed by atoms with van der Waals surface area (Å²) in [5.74, 6) is 0.292. The molecule has 136 valence electrons. The van der Waals surface area contributed by atoms with Crippen molar-refractivity contribution >= 4 is 17.5 Å². The van der Waals surface area contributed by atoms with Crippen LogP contribution in [-0.2, 0) is 6.54 Å². The Hall–Kier alpha value is -3.13. The van der Waals surface area contributed by atoms with Crippen molar-refractivity contribution in [3.05, 3.63) is 64.2 Å². The average Bonchev–Trinajstić information content (AvgIpc) is 2.68. The lowest BCUT2D eigenvalue weighted by atomic mass is 10.2. The predicted octanol–water partition coefficient (Wildman–Crippen LogP) is 2.37. The number of hydrogen-bond donors (Lipinski definition) is 1. The summed E-state index contributed by atoms with van der Waals surface area (Å²) in [4.78, 5) is 26.2. The highest BCUT2D eigenvalue weighted by atomic mass is 16.6. The number of carbonyl (C=O) groups excluding carboxylic acids is 1. The van der Waals surface area contributed by atoms with E-state index >= 15 is 0 Å². The molecule has 1 aliphatic heterocycles. The van der Waals surface area contributed by atoms with E-state index in [-0.39, 0.29) is 5.69 Å². The molecule has 8 nitrogen and oxygen atoms in total. The predicted molar refractivity (Wildman–Crippen MR) is 97.2 cm³/mol. The number of carbonyl (C=O) groups is 1. The Morgan fingerprint density at radius 3 is 2.19 bits per heavy atom. The Bertz CT molecular complexity index is 769. The second-order valence-electron chi connectivity index (χ2n) is 5.96. The molecule has 0 aliphatic carbocycles. The van der Waals surface area contributed by atoms with Crippen LogP contribution in [0.2, 0.25) is 0 Å². The molecule has 0 atom stereocenters. The maximum atomic E-state index is 12.3. The molecule has 0 aromatic heterocycles. The molecular formula is C18H20N4O4. The number of nitro groups is 1. The van der Waals surface area contributed by atoms with E-state index in [9.17, 15) is 14.9 Å². The summed E-state index contributed by atoms with van der Waals surface area (Å²) in [7, 11) is 0. The van der Waals surface area contributed by atoms with Gasteiger partial charge in [0.25, 0.3) is 5.69 Å². The molecule has 1 aliphatic rings. The molecule has 2 N–H and O–H groups in total. The molecular weight excluding hydrogens is 336 g/mol. The maximum absolute atomic E-state index is 12.3. The summed E-state index contributed by atoms with van der Waals surface area (Å²) in [5, 5.41) is 10.6. The molecule has 1 amide bonds. The van der Waals surface area contributed by atoms with Crippen LogP contribution in [0.15, 0.2) is 48.5 Å². The Balaban J connectivity index is 1.53. The van der Waals surface area contributed by atoms with Gasteiger partial charge in [0.1, 0.15) is 5.75 Å². The molecule has 8 heteroatoms. The van der Waals surface area contributed by atoms with Crippen LogP contribution >= 0.6 is 0 Å². The Morgan fingerprint density at radius 2 is 1.65 bits per heavy atom. The molecule has 2 aromatic rings. The third kappa shape index (κ3) is 4.09. The molecule has 3 rings (SSSR count). The number of anilines is 1. The largest absolute Gasteiger partial charge is 0.415 e. The lowest BCUT2D eigenvalue weighted by molar-refractivity contribution is -0.384. The number of nitro benzene ring substituents is 1. The first-order chi connectivity index (χ1) is 12.6. The quantitative estimate of drug-likeness (QED) is 0.666. The van der Waals surface area contributed by atoms with Crippen molar-refractivity contribution in [1.29, 1.82) is 0 Å². The molecule has 0 bridgehead atoms. The van der Waals surface area contributed by atoms with Gasteiger partial charge in [0.15, 0.2) is 0 Å². The first-order valence-corrected chi connectivity index (χ1v) is 8.32. The lowest BCUT2D eigenvalue weighted by Crippen LogP contribution is -2.49. The van der Waals surface area contributed by atoms with Crippen molar-refractivity contribution in [3.63, 3.8) is 0 Å². The minimum Gasteiger partial charge on any atom is -0.410 e. The van der Waals surface area contributed by atoms with Crippen LogP contribution in [0.5, 0.6) is 5.75 Å². The van der Waals surface area contributed by atoms with Crippen molar-refractivity contribution in [3.8, 4) is 5.75 Å². The van der Waals surface area contributed by atoms with E-state index in [1.165, 1.54) is 24.3 Å². The van der Waals surface area contributed by atoms with Crippen LogP contribution < -0.4 is 15.4 Å². The molecule has 26 heavy (non-hydrogen) atoms. The number of rotatable bonds is 4. The van der Waals surface area contributed by atoms with Crippen LogP contribution in [0.1, 0.15) is 5.56 Å². The number of piperazine rings is 1.